The fourth-order valence-electron chi connectivity index (χ4n) is 1.60. The number of nitrogens with zero attached hydrogens (tertiary/aromatic N) is 3. The van der Waals surface area contributed by atoms with Gasteiger partial charge in [-0.25, -0.2) is 9.97 Å². The zero-order valence-corrected chi connectivity index (χ0v) is 9.86. The first kappa shape index (κ1) is 12.1. The monoisotopic (exact) mass is 239 g/mol. The Hall–Kier alpha value is -2.41. The molecule has 1 heterocycles. The Labute approximate surface area is 106 Å². The van der Waals surface area contributed by atoms with Crippen LogP contribution in [0.4, 0.5) is 0 Å². The normalized spacial score (nSPS) is 11.5. The molecule has 4 heteroatoms. The summed E-state index contributed by atoms with van der Waals surface area (Å²) in [5, 5.41) is 9.11. The van der Waals surface area contributed by atoms with E-state index in [1.54, 1.807) is 12.3 Å². The van der Waals surface area contributed by atoms with Crippen molar-refractivity contribution in [1.82, 2.24) is 9.97 Å². The molecule has 0 aliphatic heterocycles. The number of rotatable bonds is 5. The van der Waals surface area contributed by atoms with Gasteiger partial charge >= 0.3 is 0 Å². The van der Waals surface area contributed by atoms with Crippen LogP contribution in [0.5, 0.6) is 5.75 Å². The highest BCUT2D eigenvalue weighted by Crippen LogP contribution is 2.17. The summed E-state index contributed by atoms with van der Waals surface area (Å²) in [5.41, 5.74) is 0.740. The van der Waals surface area contributed by atoms with E-state index in [2.05, 4.69) is 16.0 Å². The lowest BCUT2D eigenvalue weighted by Gasteiger charge is -2.09. The average molecular weight is 239 g/mol. The topological polar surface area (TPSA) is 58.8 Å². The molecular formula is C14H13N3O. The van der Waals surface area contributed by atoms with Crippen LogP contribution in [-0.4, -0.2) is 16.6 Å². The summed E-state index contributed by atoms with van der Waals surface area (Å²) in [6.07, 6.45) is 3.71. The van der Waals surface area contributed by atoms with Gasteiger partial charge in [0.25, 0.3) is 0 Å². The Bertz CT molecular complexity index is 508. The molecule has 2 aromatic rings. The van der Waals surface area contributed by atoms with Gasteiger partial charge in [-0.15, -0.1) is 0 Å². The molecule has 90 valence electrons. The molecule has 0 saturated carbocycles. The lowest BCUT2D eigenvalue weighted by molar-refractivity contribution is 0.305. The van der Waals surface area contributed by atoms with Crippen molar-refractivity contribution in [2.45, 2.75) is 12.3 Å². The maximum Gasteiger partial charge on any atom is 0.119 e. The Morgan fingerprint density at radius 2 is 2.06 bits per heavy atom. The zero-order valence-electron chi connectivity index (χ0n) is 9.86. The highest BCUT2D eigenvalue weighted by Gasteiger charge is 2.11. The smallest absolute Gasteiger partial charge is 0.119 e. The lowest BCUT2D eigenvalue weighted by atomic mass is 10.0. The van der Waals surface area contributed by atoms with Crippen LogP contribution in [0.1, 0.15) is 18.0 Å². The van der Waals surface area contributed by atoms with Crippen molar-refractivity contribution in [1.29, 1.82) is 5.26 Å². The number of aromatic nitrogens is 2. The number of para-hydroxylation sites is 1. The number of benzene rings is 1. The maximum absolute atomic E-state index is 9.11. The molecule has 0 aliphatic carbocycles. The third kappa shape index (κ3) is 3.29. The molecule has 0 radical (unpaired) electrons. The first-order chi connectivity index (χ1) is 8.90. The van der Waals surface area contributed by atoms with Gasteiger partial charge in [-0.05, 0) is 18.2 Å². The van der Waals surface area contributed by atoms with Gasteiger partial charge in [-0.2, -0.15) is 5.26 Å². The minimum atomic E-state index is -0.253. The minimum absolute atomic E-state index is 0.253. The van der Waals surface area contributed by atoms with Crippen molar-refractivity contribution in [2.24, 2.45) is 0 Å². The second-order valence-corrected chi connectivity index (χ2v) is 3.77. The Kier molecular flexibility index (Phi) is 4.26. The van der Waals surface area contributed by atoms with Crippen molar-refractivity contribution in [3.63, 3.8) is 0 Å². The van der Waals surface area contributed by atoms with Crippen LogP contribution in [0.3, 0.4) is 0 Å². The number of hydrogen-bond donors (Lipinski definition) is 0. The van der Waals surface area contributed by atoms with Crippen molar-refractivity contribution in [2.75, 3.05) is 6.61 Å². The Balaban J connectivity index is 1.88. The number of nitriles is 1. The van der Waals surface area contributed by atoms with Crippen molar-refractivity contribution < 1.29 is 4.74 Å². The van der Waals surface area contributed by atoms with Crippen LogP contribution in [0.15, 0.2) is 48.9 Å². The van der Waals surface area contributed by atoms with E-state index in [-0.39, 0.29) is 5.92 Å². The summed E-state index contributed by atoms with van der Waals surface area (Å²) in [6, 6.07) is 13.6. The molecule has 2 rings (SSSR count). The molecule has 1 aromatic carbocycles. The third-order valence-electron chi connectivity index (χ3n) is 2.54. The summed E-state index contributed by atoms with van der Waals surface area (Å²) in [4.78, 5) is 7.92. The van der Waals surface area contributed by atoms with Crippen LogP contribution in [0.2, 0.25) is 0 Å². The molecule has 4 nitrogen and oxygen atoms in total. The highest BCUT2D eigenvalue weighted by molar-refractivity contribution is 5.21. The van der Waals surface area contributed by atoms with Gasteiger partial charge in [0, 0.05) is 12.6 Å². The SMILES string of the molecule is N#CC(CCOc1ccccc1)c1ccncn1. The second-order valence-electron chi connectivity index (χ2n) is 3.77. The first-order valence-electron chi connectivity index (χ1n) is 5.73. The summed E-state index contributed by atoms with van der Waals surface area (Å²) in [6.45, 7) is 0.492. The molecule has 0 amide bonds. The van der Waals surface area contributed by atoms with Crippen LogP contribution in [-0.2, 0) is 0 Å². The van der Waals surface area contributed by atoms with Crippen molar-refractivity contribution in [3.05, 3.63) is 54.6 Å². The van der Waals surface area contributed by atoms with E-state index in [0.717, 1.165) is 11.4 Å². The molecule has 0 saturated heterocycles. The van der Waals surface area contributed by atoms with Gasteiger partial charge in [0.2, 0.25) is 0 Å². The summed E-state index contributed by atoms with van der Waals surface area (Å²) < 4.78 is 5.57. The van der Waals surface area contributed by atoms with Crippen LogP contribution in [0, 0.1) is 11.3 Å². The molecule has 1 atom stereocenters. The van der Waals surface area contributed by atoms with Gasteiger partial charge < -0.3 is 4.74 Å². The summed E-state index contributed by atoms with van der Waals surface area (Å²) >= 11 is 0. The molecule has 18 heavy (non-hydrogen) atoms. The fourth-order valence-corrected chi connectivity index (χ4v) is 1.60. The van der Waals surface area contributed by atoms with E-state index in [1.165, 1.54) is 6.33 Å². The molecule has 0 spiro atoms. The van der Waals surface area contributed by atoms with Gasteiger partial charge in [-0.1, -0.05) is 18.2 Å². The number of hydrogen-bond acceptors (Lipinski definition) is 4. The Morgan fingerprint density at radius 1 is 1.22 bits per heavy atom. The van der Waals surface area contributed by atoms with E-state index >= 15 is 0 Å². The predicted octanol–water partition coefficient (Wildman–Crippen LogP) is 2.55. The van der Waals surface area contributed by atoms with Gasteiger partial charge in [-0.3, -0.25) is 0 Å². The van der Waals surface area contributed by atoms with Crippen molar-refractivity contribution in [3.8, 4) is 11.8 Å². The fraction of sp³-hybridized carbons (Fsp3) is 0.214. The van der Waals surface area contributed by atoms with Gasteiger partial charge in [0.15, 0.2) is 0 Å². The molecule has 0 bridgehead atoms. The second kappa shape index (κ2) is 6.36. The molecule has 1 aromatic heterocycles. The predicted molar refractivity (Wildman–Crippen MR) is 66.9 cm³/mol. The summed E-state index contributed by atoms with van der Waals surface area (Å²) in [7, 11) is 0. The molecule has 0 N–H and O–H groups in total. The zero-order chi connectivity index (χ0) is 12.6. The first-order valence-corrected chi connectivity index (χ1v) is 5.73. The Morgan fingerprint density at radius 3 is 2.72 bits per heavy atom. The van der Waals surface area contributed by atoms with Gasteiger partial charge in [0.1, 0.15) is 12.1 Å². The average Bonchev–Trinajstić information content (AvgIpc) is 2.46. The third-order valence-corrected chi connectivity index (χ3v) is 2.54. The largest absolute Gasteiger partial charge is 0.494 e. The maximum atomic E-state index is 9.11. The van der Waals surface area contributed by atoms with Crippen LogP contribution >= 0.6 is 0 Å². The quantitative estimate of drug-likeness (QED) is 0.804. The van der Waals surface area contributed by atoms with Gasteiger partial charge in [0.05, 0.1) is 24.3 Å². The van der Waals surface area contributed by atoms with E-state index in [1.807, 2.05) is 30.3 Å². The minimum Gasteiger partial charge on any atom is -0.494 e. The molecule has 1 unspecified atom stereocenters. The highest BCUT2D eigenvalue weighted by atomic mass is 16.5. The molecule has 0 fully saturated rings. The van der Waals surface area contributed by atoms with E-state index < -0.39 is 0 Å². The molecule has 0 aliphatic rings. The van der Waals surface area contributed by atoms with E-state index in [0.29, 0.717) is 13.0 Å². The van der Waals surface area contributed by atoms with E-state index in [9.17, 15) is 0 Å². The molecular weight excluding hydrogens is 226 g/mol. The van der Waals surface area contributed by atoms with Crippen LogP contribution < -0.4 is 4.74 Å². The van der Waals surface area contributed by atoms with Crippen LogP contribution in [0.25, 0.3) is 0 Å². The van der Waals surface area contributed by atoms with E-state index in [4.69, 9.17) is 10.00 Å². The lowest BCUT2D eigenvalue weighted by Crippen LogP contribution is -2.06. The standard InChI is InChI=1S/C14H13N3O/c15-10-12(14-6-8-16-11-17-14)7-9-18-13-4-2-1-3-5-13/h1-6,8,11-12H,7,9H2. The van der Waals surface area contributed by atoms with Crippen molar-refractivity contribution >= 4 is 0 Å². The summed E-state index contributed by atoms with van der Waals surface area (Å²) in [5.74, 6) is 0.564. The number of ether oxygens (including phenoxy) is 1.